The topological polar surface area (TPSA) is 95.1 Å². The van der Waals surface area contributed by atoms with Gasteiger partial charge in [-0.15, -0.1) is 0 Å². The highest BCUT2D eigenvalue weighted by molar-refractivity contribution is 5.99. The second-order valence-corrected chi connectivity index (χ2v) is 13.3. The van der Waals surface area contributed by atoms with Gasteiger partial charge in [0, 0.05) is 55.3 Å². The number of aryl methyl sites for hydroxylation is 1. The third kappa shape index (κ3) is 4.65. The van der Waals surface area contributed by atoms with Gasteiger partial charge in [0.15, 0.2) is 5.82 Å². The first-order chi connectivity index (χ1) is 21.6. The molecule has 9 nitrogen and oxygen atoms in total. The number of ether oxygens (including phenoxy) is 1. The Balaban J connectivity index is 1.26. The molecule has 0 saturated carbocycles. The van der Waals surface area contributed by atoms with Crippen molar-refractivity contribution in [2.24, 2.45) is 0 Å². The van der Waals surface area contributed by atoms with Gasteiger partial charge in [-0.1, -0.05) is 0 Å². The highest BCUT2D eigenvalue weighted by Crippen LogP contribution is 2.42. The van der Waals surface area contributed by atoms with Crippen LogP contribution in [-0.2, 0) is 0 Å². The molecular weight excluding hydrogens is 588 g/mol. The number of hydrogen-bond acceptors (Lipinski definition) is 8. The van der Waals surface area contributed by atoms with E-state index in [0.29, 0.717) is 42.7 Å². The number of rotatable bonds is 6. The zero-order valence-corrected chi connectivity index (χ0v) is 25.1. The van der Waals surface area contributed by atoms with Gasteiger partial charge in [0.2, 0.25) is 0 Å². The van der Waals surface area contributed by atoms with Gasteiger partial charge in [-0.25, -0.2) is 8.78 Å². The number of H-pyrrole nitrogens is 1. The molecule has 2 N–H and O–H groups in total. The van der Waals surface area contributed by atoms with Crippen LogP contribution in [0.3, 0.4) is 0 Å². The van der Waals surface area contributed by atoms with Crippen LogP contribution in [0, 0.1) is 19.7 Å². The van der Waals surface area contributed by atoms with Crippen molar-refractivity contribution >= 4 is 27.6 Å². The Morgan fingerprint density at radius 3 is 2.87 bits per heavy atom. The molecule has 3 aromatic heterocycles. The van der Waals surface area contributed by atoms with Gasteiger partial charge in [0.1, 0.15) is 29.8 Å². The molecule has 0 aliphatic carbocycles. The van der Waals surface area contributed by atoms with E-state index in [0.717, 1.165) is 53.9 Å². The minimum atomic E-state index is -1.75. The molecule has 4 fully saturated rings. The molecule has 4 aliphatic heterocycles. The van der Waals surface area contributed by atoms with E-state index in [9.17, 15) is 13.2 Å². The fraction of sp³-hybridized carbons (Fsp3) is 0.500. The molecule has 4 atom stereocenters. The van der Waals surface area contributed by atoms with Gasteiger partial charge in [-0.2, -0.15) is 23.8 Å². The summed E-state index contributed by atoms with van der Waals surface area (Å²) in [5.74, 6) is -0.256. The lowest BCUT2D eigenvalue weighted by atomic mass is 9.95. The van der Waals surface area contributed by atoms with Crippen molar-refractivity contribution in [1.82, 2.24) is 35.4 Å². The number of benzene rings is 1. The fourth-order valence-electron chi connectivity index (χ4n) is 8.23. The molecule has 0 amide bonds. The number of piperazine rings is 1. The maximum Gasteiger partial charge on any atom is 0.319 e. The van der Waals surface area contributed by atoms with E-state index in [1.807, 2.05) is 24.8 Å². The molecule has 0 radical (unpaired) electrons. The second kappa shape index (κ2) is 10.3. The van der Waals surface area contributed by atoms with Gasteiger partial charge in [-0.3, -0.25) is 15.0 Å². The van der Waals surface area contributed by atoms with E-state index in [1.54, 1.807) is 12.4 Å². The number of aromatic amines is 1. The van der Waals surface area contributed by atoms with Crippen molar-refractivity contribution < 1.29 is 22.3 Å². The number of pyridine rings is 1. The van der Waals surface area contributed by atoms with Crippen molar-refractivity contribution in [3.05, 3.63) is 47.6 Å². The van der Waals surface area contributed by atoms with Crippen LogP contribution in [0.4, 0.5) is 23.4 Å². The Labute approximate surface area is 257 Å². The number of fused-ring (bicyclic) bond motifs is 5. The quantitative estimate of drug-likeness (QED) is 0.277. The van der Waals surface area contributed by atoms with Crippen LogP contribution in [0.1, 0.15) is 43.2 Å². The summed E-state index contributed by atoms with van der Waals surface area (Å²) < 4.78 is 64.7. The number of hydrogen-bond donors (Lipinski definition) is 2. The van der Waals surface area contributed by atoms with E-state index in [1.165, 1.54) is 0 Å². The van der Waals surface area contributed by atoms with Crippen LogP contribution < -0.4 is 15.0 Å². The third-order valence-corrected chi connectivity index (χ3v) is 10.4. The van der Waals surface area contributed by atoms with Crippen LogP contribution in [-0.4, -0.2) is 86.1 Å². The average Bonchev–Trinajstić information content (AvgIpc) is 3.75. The molecule has 4 saturated heterocycles. The molecule has 1 aromatic carbocycles. The molecule has 0 spiro atoms. The predicted octanol–water partition coefficient (Wildman–Crippen LogP) is 5.37. The molecule has 45 heavy (non-hydrogen) atoms. The average molecular weight is 623 g/mol. The Hall–Kier alpha value is -3.84. The van der Waals surface area contributed by atoms with Gasteiger partial charge in [0.05, 0.1) is 28.2 Å². The van der Waals surface area contributed by atoms with Gasteiger partial charge < -0.3 is 15.0 Å². The van der Waals surface area contributed by atoms with E-state index in [-0.39, 0.29) is 36.4 Å². The largest absolute Gasteiger partial charge is 0.461 e. The molecule has 236 valence electrons. The Morgan fingerprint density at radius 1 is 1.16 bits per heavy atom. The van der Waals surface area contributed by atoms with Crippen molar-refractivity contribution in [3.63, 3.8) is 0 Å². The standard InChI is InChI=1S/C32H34F4N8O/c1-17-8-23-21(12-38-42-23)25(18(17)2)28-26(36)27-22(11-37-28)29(43-14-20-4-6-31(15-43,41-20)10-24(34)35)40-30(39-27)45-16-32-5-3-7-44(32)13-19(33)9-32/h8,10-12,19-20,41H,3-7,9,13-16H2,1-2H3,(H,38,42)/t19-,20-,31-,32+/m1/s1. The summed E-state index contributed by atoms with van der Waals surface area (Å²) in [6, 6.07) is 1.89. The maximum absolute atomic E-state index is 16.8. The summed E-state index contributed by atoms with van der Waals surface area (Å²) in [7, 11) is 0. The number of nitrogens with zero attached hydrogens (tertiary/aromatic N) is 6. The highest BCUT2D eigenvalue weighted by Gasteiger charge is 2.50. The number of alkyl halides is 1. The number of anilines is 1. The minimum Gasteiger partial charge on any atom is -0.461 e. The van der Waals surface area contributed by atoms with Crippen molar-refractivity contribution in [2.75, 3.05) is 37.7 Å². The number of nitrogens with one attached hydrogen (secondary N) is 2. The molecule has 4 aromatic rings. The molecule has 0 unspecified atom stereocenters. The van der Waals surface area contributed by atoms with E-state index < -0.39 is 29.1 Å². The lowest BCUT2D eigenvalue weighted by molar-refractivity contribution is 0.107. The van der Waals surface area contributed by atoms with Crippen LogP contribution in [0.15, 0.2) is 30.6 Å². The van der Waals surface area contributed by atoms with Crippen molar-refractivity contribution in [1.29, 1.82) is 0 Å². The Morgan fingerprint density at radius 2 is 2.02 bits per heavy atom. The summed E-state index contributed by atoms with van der Waals surface area (Å²) >= 11 is 0. The fourth-order valence-corrected chi connectivity index (χ4v) is 8.23. The first kappa shape index (κ1) is 28.6. The molecular formula is C32H34F4N8O. The summed E-state index contributed by atoms with van der Waals surface area (Å²) in [5, 5.41) is 11.6. The molecule has 13 heteroatoms. The van der Waals surface area contributed by atoms with Crippen LogP contribution >= 0.6 is 0 Å². The third-order valence-electron chi connectivity index (χ3n) is 10.4. The molecule has 2 bridgehead atoms. The van der Waals surface area contributed by atoms with E-state index >= 15 is 4.39 Å². The predicted molar refractivity (Wildman–Crippen MR) is 162 cm³/mol. The monoisotopic (exact) mass is 622 g/mol. The molecule has 7 heterocycles. The summed E-state index contributed by atoms with van der Waals surface area (Å²) in [6.45, 7) is 5.92. The zero-order chi connectivity index (χ0) is 31.1. The maximum atomic E-state index is 16.8. The summed E-state index contributed by atoms with van der Waals surface area (Å²) in [4.78, 5) is 18.0. The second-order valence-electron chi connectivity index (χ2n) is 13.3. The first-order valence-corrected chi connectivity index (χ1v) is 15.5. The number of halogens is 4. The van der Waals surface area contributed by atoms with Gasteiger partial charge in [0.25, 0.3) is 6.08 Å². The lowest BCUT2D eigenvalue weighted by Crippen LogP contribution is -2.59. The SMILES string of the molecule is Cc1cc2[nH]ncc2c(-c2ncc3c(N4C[C@H]5CC[C@@](C=C(F)F)(C4)N5)nc(OC[C@@]45CCCN4C[C@H](F)C5)nc3c2F)c1C. The van der Waals surface area contributed by atoms with Crippen LogP contribution in [0.2, 0.25) is 0 Å². The van der Waals surface area contributed by atoms with Crippen LogP contribution in [0.5, 0.6) is 6.01 Å². The highest BCUT2D eigenvalue weighted by atomic mass is 19.3. The number of aromatic nitrogens is 5. The van der Waals surface area contributed by atoms with Gasteiger partial charge in [-0.05, 0) is 63.3 Å². The van der Waals surface area contributed by atoms with E-state index in [4.69, 9.17) is 9.72 Å². The normalized spacial score (nSPS) is 27.9. The van der Waals surface area contributed by atoms with Crippen molar-refractivity contribution in [2.45, 2.75) is 69.2 Å². The Bertz CT molecular complexity index is 1860. The first-order valence-electron chi connectivity index (χ1n) is 15.5. The zero-order valence-electron chi connectivity index (χ0n) is 25.1. The molecule has 8 rings (SSSR count). The molecule has 4 aliphatic rings. The summed E-state index contributed by atoms with van der Waals surface area (Å²) in [6.07, 6.45) is 4.90. The minimum absolute atomic E-state index is 0.0280. The smallest absolute Gasteiger partial charge is 0.319 e. The van der Waals surface area contributed by atoms with Crippen molar-refractivity contribution in [3.8, 4) is 17.3 Å². The van der Waals surface area contributed by atoms with Crippen LogP contribution in [0.25, 0.3) is 33.1 Å². The van der Waals surface area contributed by atoms with E-state index in [2.05, 4.69) is 30.4 Å². The lowest BCUT2D eigenvalue weighted by Gasteiger charge is -2.40. The van der Waals surface area contributed by atoms with Gasteiger partial charge >= 0.3 is 6.01 Å². The Kier molecular flexibility index (Phi) is 6.58. The summed E-state index contributed by atoms with van der Waals surface area (Å²) in [5.41, 5.74) is 1.97.